The second-order valence-electron chi connectivity index (χ2n) is 10.3. The van der Waals surface area contributed by atoms with E-state index in [1.54, 1.807) is 0 Å². The summed E-state index contributed by atoms with van der Waals surface area (Å²) in [5, 5.41) is 0. The van der Waals surface area contributed by atoms with Gasteiger partial charge in [-0.3, -0.25) is 9.59 Å². The molecule has 3 rings (SSSR count). The number of carbonyl (C=O) groups excluding carboxylic acids is 2. The van der Waals surface area contributed by atoms with Crippen molar-refractivity contribution in [1.82, 2.24) is 0 Å². The van der Waals surface area contributed by atoms with E-state index in [1.807, 2.05) is 18.2 Å². The average molecular weight is 425 g/mol. The molecule has 2 aliphatic rings. The number of hydrogen-bond donors (Lipinski definition) is 0. The van der Waals surface area contributed by atoms with Gasteiger partial charge >= 0.3 is 0 Å². The van der Waals surface area contributed by atoms with Crippen LogP contribution in [0.25, 0.3) is 0 Å². The average Bonchev–Trinajstić information content (AvgIpc) is 2.80. The molecule has 2 nitrogen and oxygen atoms in total. The van der Waals surface area contributed by atoms with E-state index in [9.17, 15) is 9.59 Å². The summed E-state index contributed by atoms with van der Waals surface area (Å²) in [5.74, 6) is 1.73. The van der Waals surface area contributed by atoms with E-state index in [4.69, 9.17) is 0 Å². The van der Waals surface area contributed by atoms with Gasteiger partial charge in [-0.1, -0.05) is 102 Å². The third kappa shape index (κ3) is 6.77. The highest BCUT2D eigenvalue weighted by Crippen LogP contribution is 2.43. The second kappa shape index (κ2) is 12.6. The Morgan fingerprint density at radius 2 is 1.55 bits per heavy atom. The number of hydrogen-bond acceptors (Lipinski definition) is 2. The lowest BCUT2D eigenvalue weighted by atomic mass is 9.67. The van der Waals surface area contributed by atoms with Gasteiger partial charge in [0.05, 0.1) is 5.92 Å². The van der Waals surface area contributed by atoms with E-state index in [0.29, 0.717) is 18.3 Å². The normalized spacial score (nSPS) is 27.7. The molecule has 0 radical (unpaired) electrons. The van der Waals surface area contributed by atoms with Crippen LogP contribution in [0, 0.1) is 23.7 Å². The molecule has 2 fully saturated rings. The number of carbonyl (C=O) groups is 2. The van der Waals surface area contributed by atoms with Crippen molar-refractivity contribution in [2.75, 3.05) is 0 Å². The van der Waals surface area contributed by atoms with Crippen LogP contribution in [-0.4, -0.2) is 11.6 Å². The maximum atomic E-state index is 13.7. The van der Waals surface area contributed by atoms with Crippen LogP contribution in [-0.2, 0) is 9.59 Å². The Balaban J connectivity index is 1.62. The molecule has 2 heteroatoms. The van der Waals surface area contributed by atoms with Crippen LogP contribution < -0.4 is 0 Å². The lowest BCUT2D eigenvalue weighted by Crippen LogP contribution is -2.37. The Kier molecular flexibility index (Phi) is 9.81. The van der Waals surface area contributed by atoms with Crippen LogP contribution in [0.5, 0.6) is 0 Å². The van der Waals surface area contributed by atoms with Gasteiger partial charge in [-0.2, -0.15) is 0 Å². The van der Waals surface area contributed by atoms with Gasteiger partial charge in [0, 0.05) is 12.3 Å². The topological polar surface area (TPSA) is 34.1 Å². The summed E-state index contributed by atoms with van der Waals surface area (Å²) >= 11 is 0. The molecule has 1 aromatic rings. The predicted octanol–water partition coefficient (Wildman–Crippen LogP) is 7.90. The molecule has 0 aliphatic heterocycles. The molecule has 0 N–H and O–H groups in total. The Bertz CT molecular complexity index is 671. The van der Waals surface area contributed by atoms with Crippen molar-refractivity contribution >= 4 is 11.6 Å². The SMILES string of the molecule is CCCCCCCC1CCC(C(C(=O)C2CCC(CC)CC2=O)c2ccccc2)CC1. The third-order valence-electron chi connectivity index (χ3n) is 8.21. The van der Waals surface area contributed by atoms with Crippen molar-refractivity contribution in [3.63, 3.8) is 0 Å². The zero-order valence-electron chi connectivity index (χ0n) is 20.0. The van der Waals surface area contributed by atoms with Crippen molar-refractivity contribution < 1.29 is 9.59 Å². The highest BCUT2D eigenvalue weighted by atomic mass is 16.2. The maximum absolute atomic E-state index is 13.7. The summed E-state index contributed by atoms with van der Waals surface area (Å²) in [5.41, 5.74) is 1.14. The first-order valence-electron chi connectivity index (χ1n) is 13.2. The molecule has 2 saturated carbocycles. The lowest BCUT2D eigenvalue weighted by molar-refractivity contribution is -0.137. The molecule has 0 heterocycles. The first-order chi connectivity index (χ1) is 15.1. The summed E-state index contributed by atoms with van der Waals surface area (Å²) < 4.78 is 0. The van der Waals surface area contributed by atoms with E-state index < -0.39 is 0 Å². The van der Waals surface area contributed by atoms with E-state index in [2.05, 4.69) is 26.0 Å². The summed E-state index contributed by atoms with van der Waals surface area (Å²) in [6, 6.07) is 10.4. The molecule has 0 saturated heterocycles. The van der Waals surface area contributed by atoms with Gasteiger partial charge in [-0.25, -0.2) is 0 Å². The van der Waals surface area contributed by atoms with Crippen LogP contribution in [0.15, 0.2) is 30.3 Å². The fraction of sp³-hybridized carbons (Fsp3) is 0.724. The van der Waals surface area contributed by atoms with Gasteiger partial charge in [-0.15, -0.1) is 0 Å². The fourth-order valence-corrected chi connectivity index (χ4v) is 6.13. The van der Waals surface area contributed by atoms with Crippen molar-refractivity contribution in [1.29, 1.82) is 0 Å². The fourth-order valence-electron chi connectivity index (χ4n) is 6.13. The highest BCUT2D eigenvalue weighted by Gasteiger charge is 2.40. The quantitative estimate of drug-likeness (QED) is 0.267. The molecule has 0 aromatic heterocycles. The molecule has 0 bridgehead atoms. The van der Waals surface area contributed by atoms with Crippen LogP contribution in [0.3, 0.4) is 0 Å². The van der Waals surface area contributed by atoms with E-state index in [0.717, 1.165) is 43.6 Å². The molecule has 172 valence electrons. The third-order valence-corrected chi connectivity index (χ3v) is 8.21. The minimum Gasteiger partial charge on any atom is -0.299 e. The van der Waals surface area contributed by atoms with Gasteiger partial charge in [-0.05, 0) is 49.0 Å². The number of Topliss-reactive ketones (excluding diaryl/α,β-unsaturated/α-hetero) is 2. The second-order valence-corrected chi connectivity index (χ2v) is 10.3. The van der Waals surface area contributed by atoms with Crippen molar-refractivity contribution in [3.8, 4) is 0 Å². The van der Waals surface area contributed by atoms with Gasteiger partial charge in [0.15, 0.2) is 5.78 Å². The van der Waals surface area contributed by atoms with E-state index in [-0.39, 0.29) is 23.4 Å². The number of rotatable bonds is 11. The minimum absolute atomic E-state index is 0.0844. The van der Waals surface area contributed by atoms with Gasteiger partial charge < -0.3 is 0 Å². The maximum Gasteiger partial charge on any atom is 0.151 e. The standard InChI is InChI=1S/C29H44O2/c1-3-5-6-7-9-12-23-15-18-25(19-16-23)28(24-13-10-8-11-14-24)29(31)26-20-17-22(4-2)21-27(26)30/h8,10-11,13-14,22-23,25-26,28H,3-7,9,12,15-21H2,1-2H3. The molecular formula is C29H44O2. The van der Waals surface area contributed by atoms with Crippen LogP contribution >= 0.6 is 0 Å². The molecular weight excluding hydrogens is 380 g/mol. The largest absolute Gasteiger partial charge is 0.299 e. The van der Waals surface area contributed by atoms with Crippen LogP contribution in [0.4, 0.5) is 0 Å². The first-order valence-corrected chi connectivity index (χ1v) is 13.2. The van der Waals surface area contributed by atoms with Crippen molar-refractivity contribution in [2.45, 2.75) is 110 Å². The Morgan fingerprint density at radius 3 is 2.19 bits per heavy atom. The van der Waals surface area contributed by atoms with E-state index >= 15 is 0 Å². The molecule has 31 heavy (non-hydrogen) atoms. The first kappa shape index (κ1) is 24.2. The molecule has 3 unspecified atom stereocenters. The van der Waals surface area contributed by atoms with Crippen LogP contribution in [0.1, 0.15) is 115 Å². The lowest BCUT2D eigenvalue weighted by Gasteiger charge is -2.36. The molecule has 2 aliphatic carbocycles. The monoisotopic (exact) mass is 424 g/mol. The van der Waals surface area contributed by atoms with Gasteiger partial charge in [0.2, 0.25) is 0 Å². The zero-order valence-corrected chi connectivity index (χ0v) is 20.0. The van der Waals surface area contributed by atoms with Gasteiger partial charge in [0.25, 0.3) is 0 Å². The minimum atomic E-state index is -0.357. The van der Waals surface area contributed by atoms with Crippen molar-refractivity contribution in [3.05, 3.63) is 35.9 Å². The smallest absolute Gasteiger partial charge is 0.151 e. The van der Waals surface area contributed by atoms with E-state index in [1.165, 1.54) is 51.4 Å². The number of unbranched alkanes of at least 4 members (excludes halogenated alkanes) is 4. The molecule has 0 amide bonds. The Morgan fingerprint density at radius 1 is 0.871 bits per heavy atom. The summed E-state index contributed by atoms with van der Waals surface area (Å²) in [7, 11) is 0. The van der Waals surface area contributed by atoms with Crippen molar-refractivity contribution in [2.24, 2.45) is 23.7 Å². The molecule has 0 spiro atoms. The van der Waals surface area contributed by atoms with Gasteiger partial charge in [0.1, 0.15) is 5.78 Å². The summed E-state index contributed by atoms with van der Waals surface area (Å²) in [4.78, 5) is 26.6. The Hall–Kier alpha value is -1.44. The molecule has 3 atom stereocenters. The summed E-state index contributed by atoms with van der Waals surface area (Å²) in [6.07, 6.45) is 16.4. The highest BCUT2D eigenvalue weighted by molar-refractivity contribution is 6.05. The zero-order chi connectivity index (χ0) is 22.1. The summed E-state index contributed by atoms with van der Waals surface area (Å²) in [6.45, 7) is 4.43. The number of ketones is 2. The Labute approximate surface area is 190 Å². The van der Waals surface area contributed by atoms with Crippen LogP contribution in [0.2, 0.25) is 0 Å². The predicted molar refractivity (Wildman–Crippen MR) is 129 cm³/mol. The molecule has 1 aromatic carbocycles. The number of benzene rings is 1.